The predicted octanol–water partition coefficient (Wildman–Crippen LogP) is 1.96. The normalized spacial score (nSPS) is 16.2. The Morgan fingerprint density at radius 1 is 1.04 bits per heavy atom. The monoisotopic (exact) mass is 308 g/mol. The van der Waals surface area contributed by atoms with Crippen LogP contribution in [-0.2, 0) is 7.05 Å². The summed E-state index contributed by atoms with van der Waals surface area (Å²) in [4.78, 5) is 2.30. The molecule has 0 spiro atoms. The average molecular weight is 308 g/mol. The lowest BCUT2D eigenvalue weighted by atomic mass is 10.0. The van der Waals surface area contributed by atoms with Crippen molar-refractivity contribution >= 4 is 16.6 Å². The number of hydrogen-bond acceptors (Lipinski definition) is 5. The van der Waals surface area contributed by atoms with E-state index in [4.69, 9.17) is 5.73 Å². The highest BCUT2D eigenvalue weighted by atomic mass is 15.3. The first-order chi connectivity index (χ1) is 11.2. The molecule has 0 bridgehead atoms. The quantitative estimate of drug-likeness (QED) is 0.783. The van der Waals surface area contributed by atoms with Gasteiger partial charge in [0, 0.05) is 43.1 Å². The molecule has 23 heavy (non-hydrogen) atoms. The van der Waals surface area contributed by atoms with Crippen molar-refractivity contribution in [1.82, 2.24) is 20.0 Å². The van der Waals surface area contributed by atoms with E-state index in [1.165, 1.54) is 0 Å². The smallest absolute Gasteiger partial charge is 0.159 e. The van der Waals surface area contributed by atoms with Crippen LogP contribution in [0.25, 0.3) is 22.2 Å². The van der Waals surface area contributed by atoms with Gasteiger partial charge in [0.15, 0.2) is 5.82 Å². The van der Waals surface area contributed by atoms with Crippen LogP contribution in [0.15, 0.2) is 36.5 Å². The zero-order valence-corrected chi connectivity index (χ0v) is 13.2. The van der Waals surface area contributed by atoms with E-state index in [2.05, 4.69) is 38.4 Å². The van der Waals surface area contributed by atoms with Crippen molar-refractivity contribution in [3.05, 3.63) is 36.5 Å². The minimum Gasteiger partial charge on any atom is -0.354 e. The van der Waals surface area contributed by atoms with Crippen LogP contribution in [0.5, 0.6) is 0 Å². The molecule has 1 aliphatic rings. The molecule has 1 aromatic carbocycles. The van der Waals surface area contributed by atoms with Crippen LogP contribution in [0.1, 0.15) is 12.8 Å². The first kappa shape index (κ1) is 14.1. The second-order valence-corrected chi connectivity index (χ2v) is 6.08. The number of aryl methyl sites for hydroxylation is 1. The van der Waals surface area contributed by atoms with E-state index in [1.807, 2.05) is 23.9 Å². The van der Waals surface area contributed by atoms with Crippen LogP contribution in [-0.4, -0.2) is 39.1 Å². The van der Waals surface area contributed by atoms with Gasteiger partial charge in [0.25, 0.3) is 0 Å². The fraction of sp³-hybridized carbons (Fsp3) is 0.353. The number of aromatic nitrogens is 4. The maximum absolute atomic E-state index is 6.02. The second kappa shape index (κ2) is 5.62. The van der Waals surface area contributed by atoms with Gasteiger partial charge in [-0.15, -0.1) is 10.2 Å². The third kappa shape index (κ3) is 2.45. The number of hydrogen-bond donors (Lipinski definition) is 1. The molecular formula is C17H20N6. The highest BCUT2D eigenvalue weighted by Crippen LogP contribution is 2.31. The Hall–Kier alpha value is -2.47. The molecule has 6 heteroatoms. The summed E-state index contributed by atoms with van der Waals surface area (Å²) < 4.78 is 1.83. The Morgan fingerprint density at radius 3 is 2.48 bits per heavy atom. The van der Waals surface area contributed by atoms with E-state index in [0.717, 1.165) is 53.9 Å². The molecule has 1 fully saturated rings. The molecule has 3 heterocycles. The summed E-state index contributed by atoms with van der Waals surface area (Å²) in [5.41, 5.74) is 7.87. The molecule has 118 valence electrons. The van der Waals surface area contributed by atoms with Gasteiger partial charge in [0.2, 0.25) is 0 Å². The zero-order chi connectivity index (χ0) is 15.8. The summed E-state index contributed by atoms with van der Waals surface area (Å²) in [6.07, 6.45) is 3.78. The number of anilines is 1. The summed E-state index contributed by atoms with van der Waals surface area (Å²) in [6, 6.07) is 10.6. The first-order valence-electron chi connectivity index (χ1n) is 7.98. The van der Waals surface area contributed by atoms with E-state index in [9.17, 15) is 0 Å². The van der Waals surface area contributed by atoms with Gasteiger partial charge in [0.05, 0.1) is 5.69 Å². The number of fused-ring (bicyclic) bond motifs is 1. The van der Waals surface area contributed by atoms with Gasteiger partial charge in [0.1, 0.15) is 5.69 Å². The van der Waals surface area contributed by atoms with Crippen LogP contribution < -0.4 is 10.6 Å². The summed E-state index contributed by atoms with van der Waals surface area (Å²) >= 11 is 0. The highest BCUT2D eigenvalue weighted by molar-refractivity contribution is 5.99. The molecule has 3 aromatic rings. The summed E-state index contributed by atoms with van der Waals surface area (Å²) in [5.74, 6) is 0.957. The third-order valence-electron chi connectivity index (χ3n) is 4.57. The molecule has 2 N–H and O–H groups in total. The number of benzene rings is 1. The van der Waals surface area contributed by atoms with E-state index in [1.54, 1.807) is 6.20 Å². The highest BCUT2D eigenvalue weighted by Gasteiger charge is 2.21. The first-order valence-corrected chi connectivity index (χ1v) is 7.98. The van der Waals surface area contributed by atoms with Crippen molar-refractivity contribution in [2.75, 3.05) is 18.0 Å². The molecule has 0 saturated carbocycles. The molecule has 1 saturated heterocycles. The van der Waals surface area contributed by atoms with Gasteiger partial charge >= 0.3 is 0 Å². The molecule has 2 aromatic heterocycles. The van der Waals surface area contributed by atoms with Crippen LogP contribution in [0.2, 0.25) is 0 Å². The Labute approximate surface area is 134 Å². The number of nitrogens with two attached hydrogens (primary N) is 1. The SMILES string of the molecule is Cn1nccc1-c1nnc(N2CCC(N)CC2)c2ccccc12. The van der Waals surface area contributed by atoms with E-state index >= 15 is 0 Å². The van der Waals surface area contributed by atoms with Gasteiger partial charge in [-0.2, -0.15) is 5.10 Å². The van der Waals surface area contributed by atoms with Gasteiger partial charge < -0.3 is 10.6 Å². The number of piperidine rings is 1. The van der Waals surface area contributed by atoms with Gasteiger partial charge in [-0.3, -0.25) is 4.68 Å². The molecule has 0 atom stereocenters. The van der Waals surface area contributed by atoms with Gasteiger partial charge in [-0.25, -0.2) is 0 Å². The van der Waals surface area contributed by atoms with Crippen molar-refractivity contribution in [2.24, 2.45) is 12.8 Å². The van der Waals surface area contributed by atoms with Crippen LogP contribution in [0.4, 0.5) is 5.82 Å². The number of rotatable bonds is 2. The molecule has 1 aliphatic heterocycles. The molecule has 6 nitrogen and oxygen atoms in total. The largest absolute Gasteiger partial charge is 0.354 e. The molecule has 0 amide bonds. The predicted molar refractivity (Wildman–Crippen MR) is 91.2 cm³/mol. The third-order valence-corrected chi connectivity index (χ3v) is 4.57. The fourth-order valence-corrected chi connectivity index (χ4v) is 3.23. The van der Waals surface area contributed by atoms with Crippen molar-refractivity contribution in [2.45, 2.75) is 18.9 Å². The van der Waals surface area contributed by atoms with Crippen molar-refractivity contribution in [3.63, 3.8) is 0 Å². The van der Waals surface area contributed by atoms with E-state index < -0.39 is 0 Å². The maximum Gasteiger partial charge on any atom is 0.159 e. The number of nitrogens with zero attached hydrogens (tertiary/aromatic N) is 5. The van der Waals surface area contributed by atoms with Gasteiger partial charge in [-0.05, 0) is 18.9 Å². The van der Waals surface area contributed by atoms with Crippen LogP contribution >= 0.6 is 0 Å². The van der Waals surface area contributed by atoms with E-state index in [0.29, 0.717) is 6.04 Å². The molecular weight excluding hydrogens is 288 g/mol. The molecule has 4 rings (SSSR count). The maximum atomic E-state index is 6.02. The summed E-state index contributed by atoms with van der Waals surface area (Å²) in [6.45, 7) is 1.87. The minimum absolute atomic E-state index is 0.305. The topological polar surface area (TPSA) is 72.9 Å². The second-order valence-electron chi connectivity index (χ2n) is 6.08. The minimum atomic E-state index is 0.305. The Balaban J connectivity index is 1.84. The van der Waals surface area contributed by atoms with Crippen molar-refractivity contribution < 1.29 is 0 Å². The van der Waals surface area contributed by atoms with Crippen molar-refractivity contribution in [3.8, 4) is 11.4 Å². The summed E-state index contributed by atoms with van der Waals surface area (Å²) in [5, 5.41) is 15.6. The molecule has 0 unspecified atom stereocenters. The average Bonchev–Trinajstić information content (AvgIpc) is 3.01. The van der Waals surface area contributed by atoms with E-state index in [-0.39, 0.29) is 0 Å². The van der Waals surface area contributed by atoms with Crippen molar-refractivity contribution in [1.29, 1.82) is 0 Å². The Kier molecular flexibility index (Phi) is 3.46. The standard InChI is InChI=1S/C17H20N6/c1-22-15(6-9-19-22)16-13-4-2-3-5-14(13)17(21-20-16)23-10-7-12(18)8-11-23/h2-6,9,12H,7-8,10-11,18H2,1H3. The lowest BCUT2D eigenvalue weighted by Crippen LogP contribution is -2.40. The van der Waals surface area contributed by atoms with Gasteiger partial charge in [-0.1, -0.05) is 24.3 Å². The lowest BCUT2D eigenvalue weighted by Gasteiger charge is -2.31. The Morgan fingerprint density at radius 2 is 1.78 bits per heavy atom. The fourth-order valence-electron chi connectivity index (χ4n) is 3.23. The Bertz CT molecular complexity index is 832. The lowest BCUT2D eigenvalue weighted by molar-refractivity contribution is 0.498. The molecule has 0 aliphatic carbocycles. The molecule has 0 radical (unpaired) electrons. The van der Waals surface area contributed by atoms with Crippen LogP contribution in [0.3, 0.4) is 0 Å². The summed E-state index contributed by atoms with van der Waals surface area (Å²) in [7, 11) is 1.92. The zero-order valence-electron chi connectivity index (χ0n) is 13.2. The van der Waals surface area contributed by atoms with Crippen LogP contribution in [0, 0.1) is 0 Å².